The minimum absolute atomic E-state index is 0.208. The predicted molar refractivity (Wildman–Crippen MR) is 252 cm³/mol. The van der Waals surface area contributed by atoms with Gasteiger partial charge in [-0.05, 0) is 106 Å². The Morgan fingerprint density at radius 3 is 1.13 bits per heavy atom. The van der Waals surface area contributed by atoms with Crippen LogP contribution in [0.4, 0.5) is 11.4 Å². The summed E-state index contributed by atoms with van der Waals surface area (Å²) >= 11 is 0. The normalized spacial score (nSPS) is 13.2. The zero-order chi connectivity index (χ0) is 44.0. The number of pyridine rings is 2. The van der Waals surface area contributed by atoms with Crippen LogP contribution in [-0.4, -0.2) is 45.8 Å². The molecule has 0 fully saturated rings. The second-order valence-corrected chi connectivity index (χ2v) is 18.4. The second-order valence-electron chi connectivity index (χ2n) is 18.4. The SMILES string of the molecule is CCCOc1c2cc(C(C)(C)C)cc1Cc1cc(N=Cc3ccccn3)cc(c1O)Cc1cc(C(C)(C)C)cc(c1OCCC)Cc1cc(N=Cc3ccccn3)cc(c1O)C2. The minimum atomic E-state index is -0.208. The topological polar surface area (TPSA) is 109 Å². The summed E-state index contributed by atoms with van der Waals surface area (Å²) < 4.78 is 13.4. The van der Waals surface area contributed by atoms with Crippen LogP contribution in [0.5, 0.6) is 23.0 Å². The number of hydrogen-bond donors (Lipinski definition) is 2. The number of hydrogen-bond acceptors (Lipinski definition) is 8. The Balaban J connectivity index is 1.53. The molecule has 0 spiro atoms. The average Bonchev–Trinajstić information content (AvgIpc) is 3.24. The largest absolute Gasteiger partial charge is 0.507 e. The standard InChI is InChI=1S/C54H60N4O4/c1-9-19-61-51-39-21-35-29-47(57-33-45-15-11-13-17-55-45)31-37(49(35)59)23-41-27-44(54(6,7)8)28-42(52(41)62-20-10-2)24-38-32-48(58-34-46-16-12-14-18-56-46)30-36(50(38)60)22-40(51)26-43(25-39)53(3,4)5/h11-18,25-34,59-60H,9-10,19-24H2,1-8H3. The summed E-state index contributed by atoms with van der Waals surface area (Å²) in [6, 6.07) is 28.3. The lowest BCUT2D eigenvalue weighted by Gasteiger charge is -2.26. The fraction of sp³-hybridized carbons (Fsp3) is 0.333. The lowest BCUT2D eigenvalue weighted by atomic mass is 9.81. The number of rotatable bonds is 10. The molecule has 8 nitrogen and oxygen atoms in total. The fourth-order valence-corrected chi connectivity index (χ4v) is 7.86. The van der Waals surface area contributed by atoms with E-state index in [4.69, 9.17) is 19.5 Å². The zero-order valence-corrected chi connectivity index (χ0v) is 37.5. The first kappa shape index (κ1) is 43.8. The van der Waals surface area contributed by atoms with Gasteiger partial charge >= 0.3 is 0 Å². The molecule has 1 aliphatic rings. The Bertz CT molecular complexity index is 2310. The number of ether oxygens (including phenoxy) is 2. The van der Waals surface area contributed by atoms with Gasteiger partial charge in [0.15, 0.2) is 0 Å². The van der Waals surface area contributed by atoms with E-state index in [1.807, 2.05) is 60.7 Å². The number of aliphatic imine (C=N–C) groups is 2. The third kappa shape index (κ3) is 10.4. The monoisotopic (exact) mass is 828 g/mol. The maximum atomic E-state index is 12.4. The van der Waals surface area contributed by atoms with Crippen molar-refractivity contribution in [2.45, 2.75) is 105 Å². The van der Waals surface area contributed by atoms with Crippen molar-refractivity contribution < 1.29 is 19.7 Å². The van der Waals surface area contributed by atoms with E-state index in [0.717, 1.165) is 91.4 Å². The van der Waals surface area contributed by atoms with Gasteiger partial charge in [-0.1, -0.05) is 91.8 Å². The van der Waals surface area contributed by atoms with Gasteiger partial charge in [0.2, 0.25) is 0 Å². The molecule has 0 saturated carbocycles. The van der Waals surface area contributed by atoms with Crippen LogP contribution < -0.4 is 9.47 Å². The van der Waals surface area contributed by atoms with Gasteiger partial charge in [0.1, 0.15) is 23.0 Å². The fourth-order valence-electron chi connectivity index (χ4n) is 7.86. The van der Waals surface area contributed by atoms with Gasteiger partial charge < -0.3 is 19.7 Å². The molecule has 4 aromatic carbocycles. The summed E-state index contributed by atoms with van der Waals surface area (Å²) in [4.78, 5) is 18.8. The molecule has 0 atom stereocenters. The van der Waals surface area contributed by atoms with Crippen LogP contribution in [0, 0.1) is 0 Å². The second kappa shape index (κ2) is 18.8. The molecule has 8 bridgehead atoms. The van der Waals surface area contributed by atoms with Crippen molar-refractivity contribution in [2.75, 3.05) is 13.2 Å². The zero-order valence-electron chi connectivity index (χ0n) is 37.5. The molecule has 2 aromatic heterocycles. The lowest BCUT2D eigenvalue weighted by molar-refractivity contribution is 0.311. The summed E-state index contributed by atoms with van der Waals surface area (Å²) in [5.41, 5.74) is 11.5. The van der Waals surface area contributed by atoms with Crippen LogP contribution in [0.1, 0.15) is 135 Å². The van der Waals surface area contributed by atoms with Crippen LogP contribution in [0.15, 0.2) is 107 Å². The summed E-state index contributed by atoms with van der Waals surface area (Å²) in [5, 5.41) is 24.9. The van der Waals surface area contributed by atoms with Crippen molar-refractivity contribution in [3.8, 4) is 23.0 Å². The molecule has 0 unspecified atom stereocenters. The van der Waals surface area contributed by atoms with E-state index in [1.54, 1.807) is 24.8 Å². The van der Waals surface area contributed by atoms with Gasteiger partial charge in [-0.2, -0.15) is 0 Å². The number of nitrogens with zero attached hydrogens (tertiary/aromatic N) is 4. The first-order chi connectivity index (χ1) is 29.7. The number of aromatic hydroxyl groups is 2. The van der Waals surface area contributed by atoms with Crippen LogP contribution >= 0.6 is 0 Å². The van der Waals surface area contributed by atoms with Crippen LogP contribution in [0.2, 0.25) is 0 Å². The summed E-state index contributed by atoms with van der Waals surface area (Å²) in [6.45, 7) is 18.5. The van der Waals surface area contributed by atoms with E-state index in [1.165, 1.54) is 0 Å². The van der Waals surface area contributed by atoms with Crippen LogP contribution in [0.3, 0.4) is 0 Å². The maximum Gasteiger partial charge on any atom is 0.126 e. The molecular formula is C54H60N4O4. The number of aromatic nitrogens is 2. The van der Waals surface area contributed by atoms with Crippen LogP contribution in [-0.2, 0) is 36.5 Å². The Morgan fingerprint density at radius 1 is 0.516 bits per heavy atom. The third-order valence-electron chi connectivity index (χ3n) is 11.2. The highest BCUT2D eigenvalue weighted by atomic mass is 16.5. The van der Waals surface area contributed by atoms with Gasteiger partial charge in [0, 0.05) is 60.3 Å². The van der Waals surface area contributed by atoms with Crippen molar-refractivity contribution in [3.05, 3.63) is 164 Å². The van der Waals surface area contributed by atoms with Crippen molar-refractivity contribution >= 4 is 23.8 Å². The van der Waals surface area contributed by atoms with Crippen molar-refractivity contribution in [1.29, 1.82) is 0 Å². The quantitative estimate of drug-likeness (QED) is 0.133. The van der Waals surface area contributed by atoms with Gasteiger partial charge in [0.25, 0.3) is 0 Å². The molecule has 320 valence electrons. The van der Waals surface area contributed by atoms with E-state index >= 15 is 0 Å². The van der Waals surface area contributed by atoms with E-state index < -0.39 is 0 Å². The predicted octanol–water partition coefficient (Wildman–Crippen LogP) is 12.2. The molecule has 0 aliphatic heterocycles. The molecule has 7 rings (SSSR count). The maximum absolute atomic E-state index is 12.4. The van der Waals surface area contributed by atoms with Gasteiger partial charge in [-0.3, -0.25) is 20.0 Å². The Hall–Kier alpha value is -6.28. The molecule has 0 amide bonds. The van der Waals surface area contributed by atoms with Crippen molar-refractivity contribution in [1.82, 2.24) is 9.97 Å². The minimum Gasteiger partial charge on any atom is -0.507 e. The highest BCUT2D eigenvalue weighted by molar-refractivity contribution is 5.80. The lowest BCUT2D eigenvalue weighted by Crippen LogP contribution is -2.15. The molecule has 0 radical (unpaired) electrons. The Morgan fingerprint density at radius 2 is 0.855 bits per heavy atom. The van der Waals surface area contributed by atoms with E-state index in [2.05, 4.69) is 89.6 Å². The highest BCUT2D eigenvalue weighted by Gasteiger charge is 2.26. The molecule has 2 N–H and O–H groups in total. The van der Waals surface area contributed by atoms with Crippen molar-refractivity contribution in [3.63, 3.8) is 0 Å². The number of phenolic OH excluding ortho intramolecular Hbond substituents is 2. The number of fused-ring (bicyclic) bond motifs is 8. The third-order valence-corrected chi connectivity index (χ3v) is 11.2. The molecule has 62 heavy (non-hydrogen) atoms. The number of benzene rings is 4. The van der Waals surface area contributed by atoms with Gasteiger partial charge in [0.05, 0.1) is 48.4 Å². The summed E-state index contributed by atoms with van der Waals surface area (Å²) in [6.07, 6.45) is 10.2. The highest BCUT2D eigenvalue weighted by Crippen LogP contribution is 2.43. The Labute approximate surface area is 367 Å². The molecular weight excluding hydrogens is 769 g/mol. The first-order valence-electron chi connectivity index (χ1n) is 21.9. The smallest absolute Gasteiger partial charge is 0.126 e. The van der Waals surface area contributed by atoms with E-state index in [-0.39, 0.29) is 22.3 Å². The molecule has 6 aromatic rings. The van der Waals surface area contributed by atoms with Gasteiger partial charge in [-0.15, -0.1) is 0 Å². The molecule has 1 aliphatic carbocycles. The van der Waals surface area contributed by atoms with Crippen LogP contribution in [0.25, 0.3) is 0 Å². The summed E-state index contributed by atoms with van der Waals surface area (Å²) in [5.74, 6) is 1.96. The first-order valence-corrected chi connectivity index (χ1v) is 21.9. The molecule has 8 heteroatoms. The summed E-state index contributed by atoms with van der Waals surface area (Å²) in [7, 11) is 0. The molecule has 0 saturated heterocycles. The molecule has 2 heterocycles. The van der Waals surface area contributed by atoms with E-state index in [9.17, 15) is 10.2 Å². The number of phenols is 2. The average molecular weight is 829 g/mol. The van der Waals surface area contributed by atoms with Gasteiger partial charge in [-0.25, -0.2) is 0 Å². The van der Waals surface area contributed by atoms with Crippen molar-refractivity contribution in [2.24, 2.45) is 9.98 Å². The van der Waals surface area contributed by atoms with E-state index in [0.29, 0.717) is 50.3 Å². The Kier molecular flexibility index (Phi) is 13.3.